The zero-order chi connectivity index (χ0) is 18.3. The summed E-state index contributed by atoms with van der Waals surface area (Å²) in [6.45, 7) is 13.5. The fourth-order valence-electron chi connectivity index (χ4n) is 1.55. The van der Waals surface area contributed by atoms with Gasteiger partial charge < -0.3 is 18.9 Å². The molecule has 0 radical (unpaired) electrons. The van der Waals surface area contributed by atoms with E-state index < -0.39 is 0 Å². The minimum absolute atomic E-state index is 0.114. The summed E-state index contributed by atoms with van der Waals surface area (Å²) in [4.78, 5) is 10.7. The molecule has 0 aliphatic rings. The van der Waals surface area contributed by atoms with Crippen LogP contribution in [0.25, 0.3) is 0 Å². The highest BCUT2D eigenvalue weighted by atomic mass is 16.5. The van der Waals surface area contributed by atoms with Crippen LogP contribution in [0.4, 0.5) is 0 Å². The van der Waals surface area contributed by atoms with Gasteiger partial charge in [0.05, 0.1) is 19.8 Å². The van der Waals surface area contributed by atoms with Gasteiger partial charge in [0.1, 0.15) is 0 Å². The van der Waals surface area contributed by atoms with Crippen molar-refractivity contribution in [3.8, 4) is 0 Å². The Morgan fingerprint density at radius 2 is 1.08 bits per heavy atom. The fraction of sp³-hybridized carbons (Fsp3) is 0.947. The highest BCUT2D eigenvalue weighted by Crippen LogP contribution is 1.95. The molecule has 0 atom stereocenters. The summed E-state index contributed by atoms with van der Waals surface area (Å²) in [5.41, 5.74) is 0. The van der Waals surface area contributed by atoms with E-state index in [0.717, 1.165) is 71.7 Å². The van der Waals surface area contributed by atoms with Crippen LogP contribution in [0.1, 0.15) is 72.6 Å². The van der Waals surface area contributed by atoms with E-state index in [9.17, 15) is 4.79 Å². The van der Waals surface area contributed by atoms with Gasteiger partial charge >= 0.3 is 5.97 Å². The molecule has 0 aromatic rings. The highest BCUT2D eigenvalue weighted by molar-refractivity contribution is 5.68. The van der Waals surface area contributed by atoms with Crippen LogP contribution in [-0.4, -0.2) is 52.2 Å². The van der Waals surface area contributed by atoms with Gasteiger partial charge in [-0.2, -0.15) is 0 Å². The van der Waals surface area contributed by atoms with Gasteiger partial charge in [-0.3, -0.25) is 4.79 Å². The third-order valence-corrected chi connectivity index (χ3v) is 2.95. The van der Waals surface area contributed by atoms with Gasteiger partial charge in [-0.05, 0) is 32.1 Å². The molecule has 0 unspecified atom stereocenters. The lowest BCUT2D eigenvalue weighted by molar-refractivity contribution is -0.143. The maximum atomic E-state index is 10.7. The molecule has 0 aliphatic heterocycles. The Hall–Kier alpha value is -0.650. The summed E-state index contributed by atoms with van der Waals surface area (Å²) >= 11 is 0. The number of esters is 1. The molecule has 0 saturated carbocycles. The summed E-state index contributed by atoms with van der Waals surface area (Å²) in [6.07, 6.45) is 6.83. The Morgan fingerprint density at radius 3 is 1.58 bits per heavy atom. The highest BCUT2D eigenvalue weighted by Gasteiger charge is 1.96. The van der Waals surface area contributed by atoms with E-state index in [1.54, 1.807) is 6.92 Å². The van der Waals surface area contributed by atoms with E-state index in [-0.39, 0.29) is 5.97 Å². The minimum Gasteiger partial charge on any atom is -0.466 e. The first-order chi connectivity index (χ1) is 11.7. The normalized spacial score (nSPS) is 10.2. The molecular weight excluding hydrogens is 308 g/mol. The van der Waals surface area contributed by atoms with Crippen LogP contribution in [0.5, 0.6) is 0 Å². The first-order valence-electron chi connectivity index (χ1n) is 9.61. The molecule has 0 aliphatic carbocycles. The van der Waals surface area contributed by atoms with Crippen molar-refractivity contribution >= 4 is 5.97 Å². The number of ether oxygens (including phenoxy) is 4. The van der Waals surface area contributed by atoms with Crippen molar-refractivity contribution in [1.82, 2.24) is 0 Å². The first kappa shape index (κ1) is 25.6. The molecule has 0 spiro atoms. The molecule has 0 bridgehead atoms. The predicted octanol–water partition coefficient (Wildman–Crippen LogP) is 4.38. The van der Waals surface area contributed by atoms with Crippen molar-refractivity contribution < 1.29 is 23.7 Å². The largest absolute Gasteiger partial charge is 0.466 e. The van der Waals surface area contributed by atoms with Crippen LogP contribution < -0.4 is 0 Å². The number of carbonyl (C=O) groups is 1. The quantitative estimate of drug-likeness (QED) is 0.306. The summed E-state index contributed by atoms with van der Waals surface area (Å²) in [5.74, 6) is -0.114. The summed E-state index contributed by atoms with van der Waals surface area (Å²) in [5, 5.41) is 0. The van der Waals surface area contributed by atoms with Gasteiger partial charge in [-0.1, -0.05) is 34.1 Å². The van der Waals surface area contributed by atoms with Gasteiger partial charge in [0.15, 0.2) is 0 Å². The van der Waals surface area contributed by atoms with Gasteiger partial charge in [0, 0.05) is 32.8 Å². The van der Waals surface area contributed by atoms with Gasteiger partial charge in [-0.25, -0.2) is 0 Å². The molecule has 0 saturated heterocycles. The summed E-state index contributed by atoms with van der Waals surface area (Å²) in [7, 11) is 0. The number of carbonyl (C=O) groups excluding carboxylic acids is 1. The molecule has 0 heterocycles. The Labute approximate surface area is 149 Å². The third kappa shape index (κ3) is 26.3. The molecule has 146 valence electrons. The SMILES string of the molecule is CCCCOCCCCOC(=O)CC.CCCOCCOCCC. The van der Waals surface area contributed by atoms with Crippen LogP contribution in [-0.2, 0) is 23.7 Å². The zero-order valence-corrected chi connectivity index (χ0v) is 16.4. The topological polar surface area (TPSA) is 54.0 Å². The molecular formula is C19H40O5. The Kier molecular flexibility index (Phi) is 26.2. The van der Waals surface area contributed by atoms with E-state index >= 15 is 0 Å². The van der Waals surface area contributed by atoms with Crippen molar-refractivity contribution in [3.63, 3.8) is 0 Å². The molecule has 24 heavy (non-hydrogen) atoms. The Bertz CT molecular complexity index is 226. The van der Waals surface area contributed by atoms with E-state index in [1.807, 2.05) is 0 Å². The lowest BCUT2D eigenvalue weighted by atomic mass is 10.3. The molecule has 0 aromatic heterocycles. The smallest absolute Gasteiger partial charge is 0.305 e. The molecule has 0 aromatic carbocycles. The van der Waals surface area contributed by atoms with E-state index in [4.69, 9.17) is 18.9 Å². The predicted molar refractivity (Wildman–Crippen MR) is 98.4 cm³/mol. The van der Waals surface area contributed by atoms with Crippen molar-refractivity contribution in [1.29, 1.82) is 0 Å². The van der Waals surface area contributed by atoms with E-state index in [1.165, 1.54) is 6.42 Å². The van der Waals surface area contributed by atoms with Crippen molar-refractivity contribution in [2.24, 2.45) is 0 Å². The number of unbranched alkanes of at least 4 members (excludes halogenated alkanes) is 2. The average molecular weight is 349 g/mol. The Balaban J connectivity index is 0. The molecule has 0 amide bonds. The maximum absolute atomic E-state index is 10.7. The van der Waals surface area contributed by atoms with Crippen LogP contribution in [0.15, 0.2) is 0 Å². The van der Waals surface area contributed by atoms with Gasteiger partial charge in [-0.15, -0.1) is 0 Å². The van der Waals surface area contributed by atoms with E-state index in [2.05, 4.69) is 20.8 Å². The summed E-state index contributed by atoms with van der Waals surface area (Å²) in [6, 6.07) is 0. The lowest BCUT2D eigenvalue weighted by Gasteiger charge is -2.04. The fourth-order valence-corrected chi connectivity index (χ4v) is 1.55. The van der Waals surface area contributed by atoms with Crippen molar-refractivity contribution in [3.05, 3.63) is 0 Å². The molecule has 0 N–H and O–H groups in total. The van der Waals surface area contributed by atoms with Crippen LogP contribution in [0.3, 0.4) is 0 Å². The standard InChI is InChI=1S/C11H22O3.C8H18O2/c1-3-5-8-13-9-6-7-10-14-11(12)4-2;1-3-5-9-7-8-10-6-4-2/h3-10H2,1-2H3;3-8H2,1-2H3. The maximum Gasteiger partial charge on any atom is 0.305 e. The van der Waals surface area contributed by atoms with Crippen LogP contribution >= 0.6 is 0 Å². The molecule has 5 nitrogen and oxygen atoms in total. The monoisotopic (exact) mass is 348 g/mol. The number of rotatable bonds is 16. The summed E-state index contributed by atoms with van der Waals surface area (Å²) < 4.78 is 20.7. The van der Waals surface area contributed by atoms with Gasteiger partial charge in [0.25, 0.3) is 0 Å². The van der Waals surface area contributed by atoms with Crippen molar-refractivity contribution in [2.75, 3.05) is 46.2 Å². The Morgan fingerprint density at radius 1 is 0.583 bits per heavy atom. The second-order valence-corrected chi connectivity index (χ2v) is 5.47. The van der Waals surface area contributed by atoms with Gasteiger partial charge in [0.2, 0.25) is 0 Å². The zero-order valence-electron chi connectivity index (χ0n) is 16.4. The number of hydrogen-bond donors (Lipinski definition) is 0. The lowest BCUT2D eigenvalue weighted by Crippen LogP contribution is -2.05. The number of hydrogen-bond acceptors (Lipinski definition) is 5. The van der Waals surface area contributed by atoms with Crippen molar-refractivity contribution in [2.45, 2.75) is 72.6 Å². The van der Waals surface area contributed by atoms with E-state index in [0.29, 0.717) is 13.0 Å². The third-order valence-electron chi connectivity index (χ3n) is 2.95. The molecule has 0 fully saturated rings. The average Bonchev–Trinajstić information content (AvgIpc) is 2.60. The minimum atomic E-state index is -0.114. The second-order valence-electron chi connectivity index (χ2n) is 5.47. The first-order valence-corrected chi connectivity index (χ1v) is 9.61. The van der Waals surface area contributed by atoms with Crippen LogP contribution in [0.2, 0.25) is 0 Å². The molecule has 0 rings (SSSR count). The van der Waals surface area contributed by atoms with Crippen LogP contribution in [0, 0.1) is 0 Å². The molecule has 5 heteroatoms. The second kappa shape index (κ2) is 24.6.